The van der Waals surface area contributed by atoms with E-state index >= 15 is 0 Å². The third-order valence-electron chi connectivity index (χ3n) is 2.22. The van der Waals surface area contributed by atoms with Gasteiger partial charge < -0.3 is 10.4 Å². The van der Waals surface area contributed by atoms with E-state index in [0.717, 1.165) is 22.7 Å². The summed E-state index contributed by atoms with van der Waals surface area (Å²) in [5.41, 5.74) is 2.09. The summed E-state index contributed by atoms with van der Waals surface area (Å²) in [6.07, 6.45) is 0. The van der Waals surface area contributed by atoms with Gasteiger partial charge in [0.05, 0.1) is 6.61 Å². The number of carbonyl (C=O) groups is 1. The SMILES string of the molecule is O=C(NCc1cccc(CO)c1)c1csnn1. The van der Waals surface area contributed by atoms with Crippen molar-refractivity contribution in [2.75, 3.05) is 0 Å². The summed E-state index contributed by atoms with van der Waals surface area (Å²) in [6, 6.07) is 7.41. The van der Waals surface area contributed by atoms with Crippen LogP contribution in [0.5, 0.6) is 0 Å². The molecule has 0 radical (unpaired) electrons. The fraction of sp³-hybridized carbons (Fsp3) is 0.182. The van der Waals surface area contributed by atoms with E-state index in [9.17, 15) is 4.79 Å². The second-order valence-corrected chi connectivity index (χ2v) is 4.06. The van der Waals surface area contributed by atoms with Crippen LogP contribution in [0.25, 0.3) is 0 Å². The molecule has 2 rings (SSSR count). The first-order chi connectivity index (χ1) is 8.29. The zero-order valence-electron chi connectivity index (χ0n) is 8.96. The Morgan fingerprint density at radius 3 is 2.94 bits per heavy atom. The van der Waals surface area contributed by atoms with Gasteiger partial charge in [0.1, 0.15) is 0 Å². The number of amides is 1. The lowest BCUT2D eigenvalue weighted by Crippen LogP contribution is -2.23. The molecule has 0 saturated heterocycles. The normalized spacial score (nSPS) is 10.2. The largest absolute Gasteiger partial charge is 0.392 e. The van der Waals surface area contributed by atoms with Crippen molar-refractivity contribution < 1.29 is 9.90 Å². The summed E-state index contributed by atoms with van der Waals surface area (Å²) < 4.78 is 3.62. The Kier molecular flexibility index (Phi) is 3.79. The minimum atomic E-state index is -0.242. The standard InChI is InChI=1S/C11H11N3O2S/c15-6-9-3-1-2-8(4-9)5-12-11(16)10-7-17-14-13-10/h1-4,7,15H,5-6H2,(H,12,16). The average molecular weight is 249 g/mol. The summed E-state index contributed by atoms with van der Waals surface area (Å²) in [5, 5.41) is 17.0. The number of benzene rings is 1. The van der Waals surface area contributed by atoms with Gasteiger partial charge in [-0.3, -0.25) is 4.79 Å². The van der Waals surface area contributed by atoms with E-state index in [1.54, 1.807) is 5.38 Å². The van der Waals surface area contributed by atoms with Gasteiger partial charge in [-0.1, -0.05) is 28.8 Å². The molecule has 0 unspecified atom stereocenters. The Morgan fingerprint density at radius 2 is 2.24 bits per heavy atom. The smallest absolute Gasteiger partial charge is 0.273 e. The zero-order valence-corrected chi connectivity index (χ0v) is 9.78. The van der Waals surface area contributed by atoms with Crippen LogP contribution in [-0.2, 0) is 13.2 Å². The van der Waals surface area contributed by atoms with Crippen LogP contribution in [0.4, 0.5) is 0 Å². The van der Waals surface area contributed by atoms with Gasteiger partial charge in [0, 0.05) is 11.9 Å². The summed E-state index contributed by atoms with van der Waals surface area (Å²) in [7, 11) is 0. The average Bonchev–Trinajstić information content (AvgIpc) is 2.90. The van der Waals surface area contributed by atoms with Gasteiger partial charge in [0.25, 0.3) is 5.91 Å². The van der Waals surface area contributed by atoms with Crippen LogP contribution in [0.1, 0.15) is 21.6 Å². The Labute approximate surface area is 102 Å². The molecule has 5 nitrogen and oxygen atoms in total. The number of aliphatic hydroxyl groups excluding tert-OH is 1. The Bertz CT molecular complexity index is 499. The van der Waals surface area contributed by atoms with Crippen molar-refractivity contribution in [1.29, 1.82) is 0 Å². The number of hydrogen-bond acceptors (Lipinski definition) is 5. The Morgan fingerprint density at radius 1 is 1.41 bits per heavy atom. The Balaban J connectivity index is 1.95. The highest BCUT2D eigenvalue weighted by Crippen LogP contribution is 2.05. The van der Waals surface area contributed by atoms with E-state index in [-0.39, 0.29) is 12.5 Å². The summed E-state index contributed by atoms with van der Waals surface area (Å²) >= 11 is 1.14. The number of aromatic nitrogens is 2. The molecule has 0 aliphatic carbocycles. The number of nitrogens with one attached hydrogen (secondary N) is 1. The van der Waals surface area contributed by atoms with Crippen molar-refractivity contribution >= 4 is 17.4 Å². The predicted molar refractivity (Wildman–Crippen MR) is 63.4 cm³/mol. The molecule has 0 bridgehead atoms. The van der Waals surface area contributed by atoms with Crippen molar-refractivity contribution in [3.8, 4) is 0 Å². The predicted octanol–water partition coefficient (Wildman–Crippen LogP) is 0.960. The molecule has 6 heteroatoms. The van der Waals surface area contributed by atoms with Gasteiger partial charge in [-0.25, -0.2) is 0 Å². The molecule has 2 aromatic rings. The van der Waals surface area contributed by atoms with Crippen molar-refractivity contribution in [3.63, 3.8) is 0 Å². The lowest BCUT2D eigenvalue weighted by molar-refractivity contribution is 0.0946. The fourth-order valence-electron chi connectivity index (χ4n) is 1.37. The van der Waals surface area contributed by atoms with Crippen LogP contribution < -0.4 is 5.32 Å². The first-order valence-corrected chi connectivity index (χ1v) is 5.87. The highest BCUT2D eigenvalue weighted by molar-refractivity contribution is 7.03. The van der Waals surface area contributed by atoms with Crippen molar-refractivity contribution in [1.82, 2.24) is 14.9 Å². The fourth-order valence-corrected chi connectivity index (χ4v) is 1.81. The summed E-state index contributed by atoms with van der Waals surface area (Å²) in [4.78, 5) is 11.6. The van der Waals surface area contributed by atoms with Gasteiger partial charge in [0.15, 0.2) is 5.69 Å². The molecule has 1 amide bonds. The summed E-state index contributed by atoms with van der Waals surface area (Å²) in [5.74, 6) is -0.242. The molecule has 17 heavy (non-hydrogen) atoms. The number of nitrogens with zero attached hydrogens (tertiary/aromatic N) is 2. The first kappa shape index (κ1) is 11.7. The highest BCUT2D eigenvalue weighted by atomic mass is 32.1. The summed E-state index contributed by atoms with van der Waals surface area (Å²) in [6.45, 7) is 0.405. The quantitative estimate of drug-likeness (QED) is 0.846. The van der Waals surface area contributed by atoms with Gasteiger partial charge in [-0.2, -0.15) is 0 Å². The van der Waals surface area contributed by atoms with Crippen LogP contribution in [-0.4, -0.2) is 20.6 Å². The maximum atomic E-state index is 11.6. The molecular formula is C11H11N3O2S. The van der Waals surface area contributed by atoms with Gasteiger partial charge in [0.2, 0.25) is 0 Å². The lowest BCUT2D eigenvalue weighted by atomic mass is 10.1. The first-order valence-electron chi connectivity index (χ1n) is 5.03. The maximum Gasteiger partial charge on any atom is 0.273 e. The molecule has 0 aliphatic heterocycles. The van der Waals surface area contributed by atoms with Crippen LogP contribution in [0, 0.1) is 0 Å². The van der Waals surface area contributed by atoms with Crippen LogP contribution in [0.2, 0.25) is 0 Å². The zero-order chi connectivity index (χ0) is 12.1. The van der Waals surface area contributed by atoms with Crippen molar-refractivity contribution in [3.05, 3.63) is 46.5 Å². The molecule has 0 aliphatic rings. The molecule has 2 N–H and O–H groups in total. The van der Waals surface area contributed by atoms with E-state index in [1.165, 1.54) is 0 Å². The van der Waals surface area contributed by atoms with Crippen LogP contribution in [0.15, 0.2) is 29.6 Å². The molecule has 0 fully saturated rings. The lowest BCUT2D eigenvalue weighted by Gasteiger charge is -2.04. The van der Waals surface area contributed by atoms with Crippen molar-refractivity contribution in [2.45, 2.75) is 13.2 Å². The maximum absolute atomic E-state index is 11.6. The topological polar surface area (TPSA) is 75.1 Å². The third-order valence-corrected chi connectivity index (χ3v) is 2.72. The monoisotopic (exact) mass is 249 g/mol. The van der Waals surface area contributed by atoms with Gasteiger partial charge in [-0.15, -0.1) is 5.10 Å². The molecule has 0 saturated carbocycles. The third kappa shape index (κ3) is 3.08. The molecule has 88 valence electrons. The minimum Gasteiger partial charge on any atom is -0.392 e. The van der Waals surface area contributed by atoms with E-state index in [4.69, 9.17) is 5.11 Å². The number of rotatable bonds is 4. The molecule has 1 aromatic carbocycles. The van der Waals surface area contributed by atoms with E-state index in [0.29, 0.717) is 12.2 Å². The second-order valence-electron chi connectivity index (χ2n) is 3.45. The molecular weight excluding hydrogens is 238 g/mol. The number of carbonyl (C=O) groups excluding carboxylic acids is 1. The van der Waals surface area contributed by atoms with Crippen molar-refractivity contribution in [2.24, 2.45) is 0 Å². The van der Waals surface area contributed by atoms with Crippen LogP contribution >= 0.6 is 11.5 Å². The highest BCUT2D eigenvalue weighted by Gasteiger charge is 2.07. The molecule has 0 atom stereocenters. The van der Waals surface area contributed by atoms with E-state index < -0.39 is 0 Å². The van der Waals surface area contributed by atoms with Gasteiger partial charge >= 0.3 is 0 Å². The minimum absolute atomic E-state index is 0.00219. The number of aliphatic hydroxyl groups is 1. The Hall–Kier alpha value is -1.79. The van der Waals surface area contributed by atoms with Gasteiger partial charge in [-0.05, 0) is 22.7 Å². The van der Waals surface area contributed by atoms with E-state index in [2.05, 4.69) is 14.9 Å². The number of hydrogen-bond donors (Lipinski definition) is 2. The van der Waals surface area contributed by atoms with Crippen LogP contribution in [0.3, 0.4) is 0 Å². The second kappa shape index (κ2) is 5.51. The van der Waals surface area contributed by atoms with E-state index in [1.807, 2.05) is 24.3 Å². The molecule has 0 spiro atoms. The molecule has 1 aromatic heterocycles. The molecule has 1 heterocycles.